The molecule has 0 aliphatic heterocycles. The summed E-state index contributed by atoms with van der Waals surface area (Å²) in [5.74, 6) is -0.0953. The molecule has 0 fully saturated rings. The average molecular weight is 221 g/mol. The predicted octanol–water partition coefficient (Wildman–Crippen LogP) is 1.82. The van der Waals surface area contributed by atoms with Gasteiger partial charge < -0.3 is 9.84 Å². The Kier molecular flexibility index (Phi) is 3.52. The molecule has 6 heteroatoms. The summed E-state index contributed by atoms with van der Waals surface area (Å²) in [5.41, 5.74) is 1.21. The van der Waals surface area contributed by atoms with Crippen molar-refractivity contribution >= 4 is 0 Å². The molecule has 1 aromatic rings. The number of pyridine rings is 1. The van der Waals surface area contributed by atoms with Crippen LogP contribution in [0, 0.1) is 6.92 Å². The molecule has 0 unspecified atom stereocenters. The Bertz CT molecular complexity index is 339. The molecule has 84 valence electrons. The van der Waals surface area contributed by atoms with Gasteiger partial charge in [-0.15, -0.1) is 0 Å². The van der Waals surface area contributed by atoms with Crippen molar-refractivity contribution in [2.24, 2.45) is 0 Å². The SMILES string of the molecule is Cc1cc(OCC(F)(F)F)ncc1CO. The van der Waals surface area contributed by atoms with Crippen LogP contribution in [0.25, 0.3) is 0 Å². The fourth-order valence-electron chi connectivity index (χ4n) is 0.959. The van der Waals surface area contributed by atoms with Crippen LogP contribution in [0.5, 0.6) is 5.88 Å². The fourth-order valence-corrected chi connectivity index (χ4v) is 0.959. The van der Waals surface area contributed by atoms with Crippen LogP contribution in [0.3, 0.4) is 0 Å². The minimum Gasteiger partial charge on any atom is -0.468 e. The number of aliphatic hydroxyl groups excluding tert-OH is 1. The quantitative estimate of drug-likeness (QED) is 0.846. The highest BCUT2D eigenvalue weighted by molar-refractivity contribution is 5.27. The number of aromatic nitrogens is 1. The maximum Gasteiger partial charge on any atom is 0.422 e. The molecule has 1 aromatic heterocycles. The van der Waals surface area contributed by atoms with Crippen LogP contribution in [0.4, 0.5) is 13.2 Å². The molecule has 0 radical (unpaired) electrons. The number of aryl methyl sites for hydroxylation is 1. The molecular formula is C9H10F3NO2. The van der Waals surface area contributed by atoms with Crippen LogP contribution < -0.4 is 4.74 Å². The van der Waals surface area contributed by atoms with E-state index in [9.17, 15) is 13.2 Å². The molecule has 1 N–H and O–H groups in total. The molecule has 1 heterocycles. The molecule has 0 aromatic carbocycles. The van der Waals surface area contributed by atoms with Crippen molar-refractivity contribution in [3.05, 3.63) is 23.4 Å². The van der Waals surface area contributed by atoms with Crippen LogP contribution in [0.1, 0.15) is 11.1 Å². The first-order chi connectivity index (χ1) is 6.92. The highest BCUT2D eigenvalue weighted by Crippen LogP contribution is 2.18. The van der Waals surface area contributed by atoms with E-state index in [1.165, 1.54) is 12.3 Å². The van der Waals surface area contributed by atoms with Crippen LogP contribution in [0.2, 0.25) is 0 Å². The third-order valence-electron chi connectivity index (χ3n) is 1.75. The topological polar surface area (TPSA) is 42.4 Å². The third-order valence-corrected chi connectivity index (χ3v) is 1.75. The summed E-state index contributed by atoms with van der Waals surface area (Å²) in [6.07, 6.45) is -3.08. The molecule has 0 saturated carbocycles. The van der Waals surface area contributed by atoms with Crippen molar-refractivity contribution in [1.82, 2.24) is 4.98 Å². The van der Waals surface area contributed by atoms with Gasteiger partial charge in [0.2, 0.25) is 5.88 Å². The van der Waals surface area contributed by atoms with Crippen molar-refractivity contribution in [3.63, 3.8) is 0 Å². The molecule has 3 nitrogen and oxygen atoms in total. The second-order valence-corrected chi connectivity index (χ2v) is 3.01. The van der Waals surface area contributed by atoms with Gasteiger partial charge in [-0.3, -0.25) is 0 Å². The number of rotatable bonds is 3. The largest absolute Gasteiger partial charge is 0.468 e. The molecule has 0 bridgehead atoms. The molecule has 0 spiro atoms. The van der Waals surface area contributed by atoms with E-state index in [2.05, 4.69) is 9.72 Å². The minimum absolute atomic E-state index is 0.0953. The van der Waals surface area contributed by atoms with E-state index in [1.54, 1.807) is 6.92 Å². The summed E-state index contributed by atoms with van der Waals surface area (Å²) >= 11 is 0. The van der Waals surface area contributed by atoms with E-state index in [4.69, 9.17) is 5.11 Å². The van der Waals surface area contributed by atoms with Gasteiger partial charge in [-0.05, 0) is 18.1 Å². The van der Waals surface area contributed by atoms with Gasteiger partial charge >= 0.3 is 6.18 Å². The molecule has 0 amide bonds. The van der Waals surface area contributed by atoms with Gasteiger partial charge in [-0.25, -0.2) is 4.98 Å². The Hall–Kier alpha value is -1.30. The van der Waals surface area contributed by atoms with Crippen molar-refractivity contribution in [2.75, 3.05) is 6.61 Å². The lowest BCUT2D eigenvalue weighted by molar-refractivity contribution is -0.154. The van der Waals surface area contributed by atoms with Crippen LogP contribution in [-0.2, 0) is 6.61 Å². The van der Waals surface area contributed by atoms with Crippen molar-refractivity contribution in [3.8, 4) is 5.88 Å². The summed E-state index contributed by atoms with van der Waals surface area (Å²) in [6, 6.07) is 1.36. The van der Waals surface area contributed by atoms with Gasteiger partial charge in [0.1, 0.15) is 0 Å². The number of hydrogen-bond donors (Lipinski definition) is 1. The summed E-state index contributed by atoms with van der Waals surface area (Å²) in [7, 11) is 0. The maximum absolute atomic E-state index is 11.8. The predicted molar refractivity (Wildman–Crippen MR) is 46.4 cm³/mol. The molecule has 0 atom stereocenters. The van der Waals surface area contributed by atoms with E-state index < -0.39 is 12.8 Å². The normalized spacial score (nSPS) is 11.5. The van der Waals surface area contributed by atoms with Crippen LogP contribution >= 0.6 is 0 Å². The van der Waals surface area contributed by atoms with E-state index in [0.29, 0.717) is 11.1 Å². The second kappa shape index (κ2) is 4.48. The van der Waals surface area contributed by atoms with Crippen molar-refractivity contribution < 1.29 is 23.0 Å². The van der Waals surface area contributed by atoms with Gasteiger partial charge in [-0.1, -0.05) is 0 Å². The first-order valence-electron chi connectivity index (χ1n) is 4.18. The number of aliphatic hydroxyl groups is 1. The zero-order chi connectivity index (χ0) is 11.5. The average Bonchev–Trinajstić information content (AvgIpc) is 2.14. The van der Waals surface area contributed by atoms with Gasteiger partial charge in [0.25, 0.3) is 0 Å². The maximum atomic E-state index is 11.8. The van der Waals surface area contributed by atoms with Gasteiger partial charge in [0.05, 0.1) is 6.61 Å². The fraction of sp³-hybridized carbons (Fsp3) is 0.444. The van der Waals surface area contributed by atoms with E-state index in [-0.39, 0.29) is 12.5 Å². The number of ether oxygens (including phenoxy) is 1. The number of nitrogens with zero attached hydrogens (tertiary/aromatic N) is 1. The lowest BCUT2D eigenvalue weighted by Gasteiger charge is -2.09. The summed E-state index contributed by atoms with van der Waals surface area (Å²) in [6.45, 7) is 0.101. The lowest BCUT2D eigenvalue weighted by atomic mass is 10.2. The number of hydrogen-bond acceptors (Lipinski definition) is 3. The van der Waals surface area contributed by atoms with E-state index in [1.807, 2.05) is 0 Å². The van der Waals surface area contributed by atoms with Gasteiger partial charge in [0.15, 0.2) is 6.61 Å². The second-order valence-electron chi connectivity index (χ2n) is 3.01. The Morgan fingerprint density at radius 1 is 1.47 bits per heavy atom. The smallest absolute Gasteiger partial charge is 0.422 e. The van der Waals surface area contributed by atoms with Crippen molar-refractivity contribution in [1.29, 1.82) is 0 Å². The molecule has 15 heavy (non-hydrogen) atoms. The standard InChI is InChI=1S/C9H10F3NO2/c1-6-2-8(13-3-7(6)4-14)15-5-9(10,11)12/h2-3,14H,4-5H2,1H3. The molecule has 0 saturated heterocycles. The Labute approximate surface area is 84.5 Å². The van der Waals surface area contributed by atoms with E-state index >= 15 is 0 Å². The van der Waals surface area contributed by atoms with Gasteiger partial charge in [0, 0.05) is 12.3 Å². The summed E-state index contributed by atoms with van der Waals surface area (Å²) in [4.78, 5) is 3.63. The third kappa shape index (κ3) is 3.75. The minimum atomic E-state index is -4.37. The first kappa shape index (κ1) is 11.8. The Balaban J connectivity index is 2.68. The molecule has 1 rings (SSSR count). The molecular weight excluding hydrogens is 211 g/mol. The Morgan fingerprint density at radius 3 is 2.60 bits per heavy atom. The van der Waals surface area contributed by atoms with Crippen LogP contribution in [-0.4, -0.2) is 22.9 Å². The number of halogens is 3. The monoisotopic (exact) mass is 221 g/mol. The zero-order valence-electron chi connectivity index (χ0n) is 8.01. The van der Waals surface area contributed by atoms with E-state index in [0.717, 1.165) is 0 Å². The highest BCUT2D eigenvalue weighted by Gasteiger charge is 2.28. The highest BCUT2D eigenvalue weighted by atomic mass is 19.4. The van der Waals surface area contributed by atoms with Crippen molar-refractivity contribution in [2.45, 2.75) is 19.7 Å². The first-order valence-corrected chi connectivity index (χ1v) is 4.18. The lowest BCUT2D eigenvalue weighted by Crippen LogP contribution is -2.19. The van der Waals surface area contributed by atoms with Crippen LogP contribution in [0.15, 0.2) is 12.3 Å². The Morgan fingerprint density at radius 2 is 2.13 bits per heavy atom. The molecule has 0 aliphatic carbocycles. The molecule has 0 aliphatic rings. The summed E-state index contributed by atoms with van der Waals surface area (Å²) < 4.78 is 39.8. The summed E-state index contributed by atoms with van der Waals surface area (Å²) in [5, 5.41) is 8.81. The zero-order valence-corrected chi connectivity index (χ0v) is 8.01. The number of alkyl halides is 3. The van der Waals surface area contributed by atoms with Gasteiger partial charge in [-0.2, -0.15) is 13.2 Å².